The molecule has 5 aliphatic carbocycles. The first kappa shape index (κ1) is 26.2. The van der Waals surface area contributed by atoms with Crippen LogP contribution in [0.5, 0.6) is 0 Å². The van der Waals surface area contributed by atoms with Crippen LogP contribution < -0.4 is 0 Å². The minimum atomic E-state index is -1.16. The predicted molar refractivity (Wildman–Crippen MR) is 136 cm³/mol. The number of fused-ring (bicyclic) bond motifs is 7. The molecule has 0 aromatic rings. The molecular formula is C30H46O6. The summed E-state index contributed by atoms with van der Waals surface area (Å²) in [6.07, 6.45) is 7.05. The molecule has 4 fully saturated rings. The molecule has 4 saturated carbocycles. The highest BCUT2D eigenvalue weighted by molar-refractivity contribution is 5.77. The summed E-state index contributed by atoms with van der Waals surface area (Å²) in [4.78, 5) is 25.3. The maximum absolute atomic E-state index is 12.8. The zero-order valence-corrected chi connectivity index (χ0v) is 22.9. The van der Waals surface area contributed by atoms with Crippen LogP contribution in [0.4, 0.5) is 0 Å². The standard InChI is InChI=1S/C30H46O6/c1-25(2)13-15-30(24(35)36)16-14-27(4)17(21(30)22(25)32)7-8-18-26(3)11-10-20(31)29(6,23(33)34)19(26)9-12-28(18,27)5/h7,18-22,31-32H,8-16H2,1-6H3,(H,33,34)(H,35,36)/t18-,19-,20+,21-,22+,26-,27-,28-,29+,30+/m1/s1. The van der Waals surface area contributed by atoms with Crippen LogP contribution in [0.1, 0.15) is 99.3 Å². The summed E-state index contributed by atoms with van der Waals surface area (Å²) < 4.78 is 0. The van der Waals surface area contributed by atoms with E-state index in [1.165, 1.54) is 0 Å². The molecule has 5 rings (SSSR count). The number of carboxylic acids is 2. The number of hydrogen-bond donors (Lipinski definition) is 4. The Bertz CT molecular complexity index is 1020. The topological polar surface area (TPSA) is 115 Å². The van der Waals surface area contributed by atoms with Crippen molar-refractivity contribution < 1.29 is 30.0 Å². The summed E-state index contributed by atoms with van der Waals surface area (Å²) in [6, 6.07) is 0. The molecule has 6 heteroatoms. The van der Waals surface area contributed by atoms with Gasteiger partial charge in [0.25, 0.3) is 0 Å². The van der Waals surface area contributed by atoms with E-state index in [1.807, 2.05) is 0 Å². The van der Waals surface area contributed by atoms with Gasteiger partial charge in [0.05, 0.1) is 23.0 Å². The van der Waals surface area contributed by atoms with Crippen molar-refractivity contribution in [3.8, 4) is 0 Å². The number of hydrogen-bond acceptors (Lipinski definition) is 4. The van der Waals surface area contributed by atoms with Crippen LogP contribution >= 0.6 is 0 Å². The number of aliphatic carboxylic acids is 2. The Morgan fingerprint density at radius 1 is 0.806 bits per heavy atom. The molecule has 0 aliphatic heterocycles. The van der Waals surface area contributed by atoms with Gasteiger partial charge in [-0.25, -0.2) is 0 Å². The van der Waals surface area contributed by atoms with E-state index in [1.54, 1.807) is 6.92 Å². The van der Waals surface area contributed by atoms with Crippen LogP contribution in [-0.2, 0) is 9.59 Å². The van der Waals surface area contributed by atoms with Crippen LogP contribution in [0.3, 0.4) is 0 Å². The monoisotopic (exact) mass is 502 g/mol. The molecule has 0 unspecified atom stereocenters. The van der Waals surface area contributed by atoms with E-state index >= 15 is 0 Å². The van der Waals surface area contributed by atoms with Gasteiger partial charge >= 0.3 is 11.9 Å². The van der Waals surface area contributed by atoms with Gasteiger partial charge in [0.1, 0.15) is 0 Å². The van der Waals surface area contributed by atoms with Gasteiger partial charge in [-0.3, -0.25) is 9.59 Å². The SMILES string of the molecule is CC1(C)CC[C@]2(C(=O)O)CC[C@]3(C)C(=CC[C@@H]4[C@@]5(C)CC[C@H](O)[C@@](C)(C(=O)O)[C@@H]5CC[C@]43C)[C@@H]2[C@@H]1O. The fraction of sp³-hybridized carbons (Fsp3) is 0.867. The van der Waals surface area contributed by atoms with Crippen LogP contribution in [0.25, 0.3) is 0 Å². The quantitative estimate of drug-likeness (QED) is 0.383. The van der Waals surface area contributed by atoms with Gasteiger partial charge in [0, 0.05) is 5.92 Å². The van der Waals surface area contributed by atoms with Crippen molar-refractivity contribution in [2.45, 2.75) is 112 Å². The molecule has 0 spiro atoms. The number of carbonyl (C=O) groups is 2. The van der Waals surface area contributed by atoms with E-state index in [2.05, 4.69) is 40.7 Å². The first-order chi connectivity index (χ1) is 16.5. The summed E-state index contributed by atoms with van der Waals surface area (Å²) in [5.74, 6) is -1.92. The molecule has 4 N–H and O–H groups in total. The van der Waals surface area contributed by atoms with Crippen molar-refractivity contribution in [2.75, 3.05) is 0 Å². The second-order valence-corrected chi connectivity index (χ2v) is 14.8. The lowest BCUT2D eigenvalue weighted by molar-refractivity contribution is -0.221. The second-order valence-electron chi connectivity index (χ2n) is 14.8. The summed E-state index contributed by atoms with van der Waals surface area (Å²) >= 11 is 0. The molecule has 202 valence electrons. The van der Waals surface area contributed by atoms with Crippen molar-refractivity contribution >= 4 is 11.9 Å². The zero-order chi connectivity index (χ0) is 26.7. The molecule has 36 heavy (non-hydrogen) atoms. The van der Waals surface area contributed by atoms with Gasteiger partial charge in [-0.05, 0) is 98.2 Å². The molecular weight excluding hydrogens is 456 g/mol. The number of rotatable bonds is 2. The molecule has 0 amide bonds. The van der Waals surface area contributed by atoms with Gasteiger partial charge in [0.15, 0.2) is 0 Å². The van der Waals surface area contributed by atoms with E-state index in [0.717, 1.165) is 37.7 Å². The minimum Gasteiger partial charge on any atom is -0.481 e. The Balaban J connectivity index is 1.63. The minimum absolute atomic E-state index is 0.108. The Kier molecular flexibility index (Phi) is 5.53. The van der Waals surface area contributed by atoms with Gasteiger partial charge in [-0.15, -0.1) is 0 Å². The van der Waals surface area contributed by atoms with Crippen molar-refractivity contribution in [2.24, 2.45) is 50.2 Å². The molecule has 10 atom stereocenters. The summed E-state index contributed by atoms with van der Waals surface area (Å²) in [5.41, 5.74) is -1.87. The van der Waals surface area contributed by atoms with Gasteiger partial charge in [-0.1, -0.05) is 46.3 Å². The Hall–Kier alpha value is -1.40. The van der Waals surface area contributed by atoms with Crippen LogP contribution in [0.15, 0.2) is 11.6 Å². The average molecular weight is 503 g/mol. The number of carboxylic acid groups (broad SMARTS) is 2. The Labute approximate surface area is 215 Å². The van der Waals surface area contributed by atoms with Gasteiger partial charge in [0.2, 0.25) is 0 Å². The zero-order valence-electron chi connectivity index (χ0n) is 22.9. The maximum atomic E-state index is 12.8. The molecule has 0 bridgehead atoms. The maximum Gasteiger partial charge on any atom is 0.312 e. The number of allylic oxidation sites excluding steroid dienone is 1. The highest BCUT2D eigenvalue weighted by Gasteiger charge is 2.71. The fourth-order valence-electron chi connectivity index (χ4n) is 10.6. The largest absolute Gasteiger partial charge is 0.481 e. The van der Waals surface area contributed by atoms with E-state index in [4.69, 9.17) is 0 Å². The third kappa shape index (κ3) is 2.86. The molecule has 0 aromatic carbocycles. The lowest BCUT2D eigenvalue weighted by Crippen LogP contribution is -2.67. The fourth-order valence-corrected chi connectivity index (χ4v) is 10.6. The highest BCUT2D eigenvalue weighted by Crippen LogP contribution is 2.75. The van der Waals surface area contributed by atoms with Gasteiger partial charge in [-0.2, -0.15) is 0 Å². The smallest absolute Gasteiger partial charge is 0.312 e. The lowest BCUT2D eigenvalue weighted by atomic mass is 9.33. The third-order valence-electron chi connectivity index (χ3n) is 13.4. The summed E-state index contributed by atoms with van der Waals surface area (Å²) in [5, 5.41) is 43.3. The first-order valence-electron chi connectivity index (χ1n) is 14.1. The predicted octanol–water partition coefficient (Wildman–Crippen LogP) is 5.27. The number of aliphatic hydroxyl groups is 2. The molecule has 6 nitrogen and oxygen atoms in total. The molecule has 0 heterocycles. The lowest BCUT2D eigenvalue weighted by Gasteiger charge is -2.71. The molecule has 5 aliphatic rings. The third-order valence-corrected chi connectivity index (χ3v) is 13.4. The first-order valence-corrected chi connectivity index (χ1v) is 14.1. The number of aliphatic hydroxyl groups excluding tert-OH is 2. The van der Waals surface area contributed by atoms with E-state index in [-0.39, 0.29) is 33.5 Å². The van der Waals surface area contributed by atoms with Crippen molar-refractivity contribution in [1.29, 1.82) is 0 Å². The van der Waals surface area contributed by atoms with E-state index in [0.29, 0.717) is 25.7 Å². The normalized spacial score (nSPS) is 53.7. The molecule has 0 aromatic heterocycles. The van der Waals surface area contributed by atoms with Crippen LogP contribution in [0, 0.1) is 50.2 Å². The average Bonchev–Trinajstić information content (AvgIpc) is 2.79. The van der Waals surface area contributed by atoms with E-state index < -0.39 is 40.9 Å². The van der Waals surface area contributed by atoms with Gasteiger partial charge < -0.3 is 20.4 Å². The van der Waals surface area contributed by atoms with Crippen molar-refractivity contribution in [3.05, 3.63) is 11.6 Å². The van der Waals surface area contributed by atoms with Crippen LogP contribution in [-0.4, -0.2) is 44.6 Å². The Morgan fingerprint density at radius 3 is 2.06 bits per heavy atom. The van der Waals surface area contributed by atoms with Crippen LogP contribution in [0.2, 0.25) is 0 Å². The Morgan fingerprint density at radius 2 is 1.44 bits per heavy atom. The van der Waals surface area contributed by atoms with Crippen molar-refractivity contribution in [3.63, 3.8) is 0 Å². The highest BCUT2D eigenvalue weighted by atomic mass is 16.4. The summed E-state index contributed by atoms with van der Waals surface area (Å²) in [6.45, 7) is 12.8. The van der Waals surface area contributed by atoms with E-state index in [9.17, 15) is 30.0 Å². The second kappa shape index (κ2) is 7.59. The van der Waals surface area contributed by atoms with Crippen molar-refractivity contribution in [1.82, 2.24) is 0 Å². The molecule has 0 radical (unpaired) electrons. The molecule has 0 saturated heterocycles. The summed E-state index contributed by atoms with van der Waals surface area (Å²) in [7, 11) is 0.